The molecule has 0 radical (unpaired) electrons. The Bertz CT molecular complexity index is 616. The number of nitrogens with one attached hydrogen (secondary N) is 1. The molecule has 2 aromatic rings. The van der Waals surface area contributed by atoms with Gasteiger partial charge in [-0.05, 0) is 30.2 Å². The molecule has 0 fully saturated rings. The van der Waals surface area contributed by atoms with E-state index in [4.69, 9.17) is 5.84 Å². The largest absolute Gasteiger partial charge is 0.271 e. The molecule has 0 aromatic heterocycles. The van der Waals surface area contributed by atoms with Crippen molar-refractivity contribution >= 4 is 0 Å². The van der Waals surface area contributed by atoms with Gasteiger partial charge in [0.05, 0.1) is 6.04 Å². The Balaban J connectivity index is 2.31. The molecule has 0 spiro atoms. The second-order valence-corrected chi connectivity index (χ2v) is 4.32. The molecule has 106 valence electrons. The van der Waals surface area contributed by atoms with E-state index < -0.39 is 29.3 Å². The van der Waals surface area contributed by atoms with E-state index in [-0.39, 0.29) is 12.0 Å². The number of benzene rings is 2. The minimum absolute atomic E-state index is 0.115. The van der Waals surface area contributed by atoms with Crippen LogP contribution in [0, 0.1) is 23.3 Å². The van der Waals surface area contributed by atoms with Crippen LogP contribution < -0.4 is 11.3 Å². The van der Waals surface area contributed by atoms with Crippen LogP contribution in [0.25, 0.3) is 0 Å². The molecule has 0 saturated heterocycles. The van der Waals surface area contributed by atoms with Crippen LogP contribution in [0.5, 0.6) is 0 Å². The molecule has 1 unspecified atom stereocenters. The Morgan fingerprint density at radius 3 is 2.40 bits per heavy atom. The lowest BCUT2D eigenvalue weighted by Crippen LogP contribution is -2.30. The lowest BCUT2D eigenvalue weighted by atomic mass is 9.98. The van der Waals surface area contributed by atoms with E-state index in [1.807, 2.05) is 0 Å². The summed E-state index contributed by atoms with van der Waals surface area (Å²) in [6, 6.07) is 6.80. The number of hydrogen-bond donors (Lipinski definition) is 2. The highest BCUT2D eigenvalue weighted by Crippen LogP contribution is 2.24. The van der Waals surface area contributed by atoms with Gasteiger partial charge in [-0.3, -0.25) is 11.3 Å². The Morgan fingerprint density at radius 1 is 1.00 bits per heavy atom. The third-order valence-electron chi connectivity index (χ3n) is 2.97. The summed E-state index contributed by atoms with van der Waals surface area (Å²) < 4.78 is 52.9. The van der Waals surface area contributed by atoms with E-state index in [9.17, 15) is 17.6 Å². The lowest BCUT2D eigenvalue weighted by Gasteiger charge is -2.17. The molecule has 0 bridgehead atoms. The van der Waals surface area contributed by atoms with E-state index in [0.29, 0.717) is 5.56 Å². The van der Waals surface area contributed by atoms with E-state index >= 15 is 0 Å². The van der Waals surface area contributed by atoms with Crippen LogP contribution in [0.2, 0.25) is 0 Å². The number of halogens is 4. The van der Waals surface area contributed by atoms with Crippen LogP contribution in [-0.2, 0) is 6.42 Å². The molecule has 2 rings (SSSR count). The van der Waals surface area contributed by atoms with Crippen molar-refractivity contribution in [3.05, 3.63) is 70.8 Å². The van der Waals surface area contributed by atoms with Crippen molar-refractivity contribution in [2.45, 2.75) is 12.5 Å². The van der Waals surface area contributed by atoms with Gasteiger partial charge in [0, 0.05) is 5.56 Å². The summed E-state index contributed by atoms with van der Waals surface area (Å²) in [6.07, 6.45) is 0.135. The first-order valence-corrected chi connectivity index (χ1v) is 5.87. The summed E-state index contributed by atoms with van der Waals surface area (Å²) in [4.78, 5) is 0. The molecule has 1 atom stereocenters. The highest BCUT2D eigenvalue weighted by molar-refractivity contribution is 5.26. The van der Waals surface area contributed by atoms with Crippen molar-refractivity contribution in [2.24, 2.45) is 5.84 Å². The molecule has 0 saturated carbocycles. The molecule has 3 N–H and O–H groups in total. The van der Waals surface area contributed by atoms with Crippen LogP contribution in [0.1, 0.15) is 17.2 Å². The third kappa shape index (κ3) is 2.97. The van der Waals surface area contributed by atoms with Gasteiger partial charge in [0.2, 0.25) is 0 Å². The number of hydrogen-bond acceptors (Lipinski definition) is 2. The topological polar surface area (TPSA) is 38.0 Å². The summed E-state index contributed by atoms with van der Waals surface area (Å²) in [5.41, 5.74) is 2.76. The maximum absolute atomic E-state index is 13.7. The molecule has 20 heavy (non-hydrogen) atoms. The molecule has 2 aromatic carbocycles. The normalized spacial score (nSPS) is 12.4. The van der Waals surface area contributed by atoms with Gasteiger partial charge in [-0.1, -0.05) is 18.2 Å². The Labute approximate surface area is 113 Å². The predicted octanol–water partition coefficient (Wildman–Crippen LogP) is 2.99. The predicted molar refractivity (Wildman–Crippen MR) is 66.5 cm³/mol. The monoisotopic (exact) mass is 284 g/mol. The van der Waals surface area contributed by atoms with Crippen LogP contribution in [0.15, 0.2) is 36.4 Å². The van der Waals surface area contributed by atoms with Crippen LogP contribution in [0.3, 0.4) is 0 Å². The molecule has 0 aliphatic heterocycles. The van der Waals surface area contributed by atoms with Gasteiger partial charge in [0.15, 0.2) is 17.5 Å². The molecule has 0 aliphatic rings. The van der Waals surface area contributed by atoms with Gasteiger partial charge in [-0.25, -0.2) is 17.6 Å². The zero-order valence-electron chi connectivity index (χ0n) is 10.3. The summed E-state index contributed by atoms with van der Waals surface area (Å²) in [7, 11) is 0. The van der Waals surface area contributed by atoms with Crippen LogP contribution in [0.4, 0.5) is 17.6 Å². The van der Waals surface area contributed by atoms with Gasteiger partial charge < -0.3 is 0 Å². The summed E-state index contributed by atoms with van der Waals surface area (Å²) in [5, 5.41) is 0. The highest BCUT2D eigenvalue weighted by atomic mass is 19.2. The van der Waals surface area contributed by atoms with Crippen LogP contribution >= 0.6 is 0 Å². The van der Waals surface area contributed by atoms with Crippen molar-refractivity contribution in [2.75, 3.05) is 0 Å². The first kappa shape index (κ1) is 14.5. The number of rotatable bonds is 4. The molecule has 6 heteroatoms. The molecule has 2 nitrogen and oxygen atoms in total. The Hall–Kier alpha value is -1.92. The van der Waals surface area contributed by atoms with Gasteiger partial charge in [0.1, 0.15) is 5.82 Å². The second kappa shape index (κ2) is 6.02. The van der Waals surface area contributed by atoms with Gasteiger partial charge in [-0.15, -0.1) is 0 Å². The first-order chi connectivity index (χ1) is 9.52. The quantitative estimate of drug-likeness (QED) is 0.392. The second-order valence-electron chi connectivity index (χ2n) is 4.32. The number of hydrazine groups is 1. The zero-order chi connectivity index (χ0) is 14.7. The van der Waals surface area contributed by atoms with Crippen molar-refractivity contribution in [1.82, 2.24) is 5.43 Å². The van der Waals surface area contributed by atoms with Crippen molar-refractivity contribution in [1.29, 1.82) is 0 Å². The lowest BCUT2D eigenvalue weighted by molar-refractivity contribution is 0.424. The maximum atomic E-state index is 13.7. The third-order valence-corrected chi connectivity index (χ3v) is 2.97. The maximum Gasteiger partial charge on any atom is 0.194 e. The molecular weight excluding hydrogens is 272 g/mol. The summed E-state index contributed by atoms with van der Waals surface area (Å²) >= 11 is 0. The molecule has 0 heterocycles. The fraction of sp³-hybridized carbons (Fsp3) is 0.143. The zero-order valence-corrected chi connectivity index (χ0v) is 10.3. The number of nitrogens with two attached hydrogens (primary N) is 1. The average Bonchev–Trinajstić information content (AvgIpc) is 2.43. The summed E-state index contributed by atoms with van der Waals surface area (Å²) in [6.45, 7) is 0. The van der Waals surface area contributed by atoms with Crippen LogP contribution in [-0.4, -0.2) is 0 Å². The van der Waals surface area contributed by atoms with E-state index in [1.54, 1.807) is 6.07 Å². The highest BCUT2D eigenvalue weighted by Gasteiger charge is 2.20. The van der Waals surface area contributed by atoms with E-state index in [1.165, 1.54) is 18.2 Å². The summed E-state index contributed by atoms with van der Waals surface area (Å²) in [5.74, 6) is 0.755. The van der Waals surface area contributed by atoms with Gasteiger partial charge >= 0.3 is 0 Å². The minimum Gasteiger partial charge on any atom is -0.271 e. The van der Waals surface area contributed by atoms with E-state index in [0.717, 1.165) is 12.1 Å². The Kier molecular flexibility index (Phi) is 4.36. The molecule has 0 aliphatic carbocycles. The minimum atomic E-state index is -1.55. The standard InChI is InChI=1S/C14H12F4N2/c15-9-3-1-2-8(6-9)7-12(20-19)10-4-5-11(16)14(18)13(10)17/h1-6,12,20H,7,19H2. The van der Waals surface area contributed by atoms with Gasteiger partial charge in [0.25, 0.3) is 0 Å². The smallest absolute Gasteiger partial charge is 0.194 e. The van der Waals surface area contributed by atoms with Gasteiger partial charge in [-0.2, -0.15) is 0 Å². The SMILES string of the molecule is NNC(Cc1cccc(F)c1)c1ccc(F)c(F)c1F. The van der Waals surface area contributed by atoms with Crippen molar-refractivity contribution in [3.8, 4) is 0 Å². The van der Waals surface area contributed by atoms with Crippen molar-refractivity contribution in [3.63, 3.8) is 0 Å². The Morgan fingerprint density at radius 2 is 1.75 bits per heavy atom. The fourth-order valence-corrected chi connectivity index (χ4v) is 1.97. The molecule has 0 amide bonds. The van der Waals surface area contributed by atoms with Crippen molar-refractivity contribution < 1.29 is 17.6 Å². The van der Waals surface area contributed by atoms with E-state index in [2.05, 4.69) is 5.43 Å². The fourth-order valence-electron chi connectivity index (χ4n) is 1.97. The average molecular weight is 284 g/mol. The first-order valence-electron chi connectivity index (χ1n) is 5.87. The molecular formula is C14H12F4N2.